The number of hydrogen-bond donors (Lipinski definition) is 1. The molecule has 0 aromatic carbocycles. The molecule has 18 heavy (non-hydrogen) atoms. The minimum Gasteiger partial charge on any atom is -0.312 e. The zero-order valence-electron chi connectivity index (χ0n) is 9.96. The van der Waals surface area contributed by atoms with Crippen molar-refractivity contribution in [3.63, 3.8) is 0 Å². The first-order valence-corrected chi connectivity index (χ1v) is 8.08. The lowest BCUT2D eigenvalue weighted by molar-refractivity contribution is -0.118. The summed E-state index contributed by atoms with van der Waals surface area (Å²) in [6, 6.07) is 0.347. The highest BCUT2D eigenvalue weighted by Crippen LogP contribution is 2.14. The van der Waals surface area contributed by atoms with E-state index in [1.165, 1.54) is 0 Å². The van der Waals surface area contributed by atoms with Gasteiger partial charge in [-0.25, -0.2) is 4.98 Å². The molecule has 3 heterocycles. The summed E-state index contributed by atoms with van der Waals surface area (Å²) in [6.07, 6.45) is 5.00. The summed E-state index contributed by atoms with van der Waals surface area (Å²) in [7, 11) is 0. The molecule has 1 saturated heterocycles. The molecule has 1 aliphatic rings. The van der Waals surface area contributed by atoms with Gasteiger partial charge in [0.25, 0.3) is 0 Å². The van der Waals surface area contributed by atoms with E-state index in [1.54, 1.807) is 11.3 Å². The molecule has 1 atom stereocenters. The number of carbonyl (C=O) groups is 1. The number of ketones is 1. The topological polar surface area (TPSA) is 46.4 Å². The van der Waals surface area contributed by atoms with Crippen LogP contribution in [0.3, 0.4) is 0 Å². The van der Waals surface area contributed by atoms with Crippen LogP contribution in [0.15, 0.2) is 17.8 Å². The molecule has 1 aliphatic heterocycles. The Bertz CT molecular complexity index is 514. The molecule has 0 amide bonds. The van der Waals surface area contributed by atoms with Crippen LogP contribution in [0, 0.1) is 0 Å². The van der Waals surface area contributed by atoms with E-state index >= 15 is 0 Å². The van der Waals surface area contributed by atoms with Crippen LogP contribution in [0.4, 0.5) is 0 Å². The summed E-state index contributed by atoms with van der Waals surface area (Å²) in [4.78, 5) is 17.4. The Morgan fingerprint density at radius 1 is 1.61 bits per heavy atom. The number of imidazole rings is 1. The number of rotatable bonds is 4. The Balaban J connectivity index is 1.58. The van der Waals surface area contributed by atoms with Crippen LogP contribution in [0.5, 0.6) is 0 Å². The third kappa shape index (κ3) is 2.76. The van der Waals surface area contributed by atoms with Crippen molar-refractivity contribution in [3.05, 3.63) is 23.5 Å². The van der Waals surface area contributed by atoms with Gasteiger partial charge in [-0.05, 0) is 0 Å². The number of nitrogens with zero attached hydrogens (tertiary/aromatic N) is 2. The SMILES string of the molecule is O=C(Cc1cn2ccsc2n1)CC1CSCCN1. The Morgan fingerprint density at radius 3 is 3.33 bits per heavy atom. The van der Waals surface area contributed by atoms with Gasteiger partial charge in [0.15, 0.2) is 4.96 Å². The fourth-order valence-electron chi connectivity index (χ4n) is 2.16. The molecule has 0 saturated carbocycles. The summed E-state index contributed by atoms with van der Waals surface area (Å²) in [5.74, 6) is 2.48. The highest BCUT2D eigenvalue weighted by atomic mass is 32.2. The summed E-state index contributed by atoms with van der Waals surface area (Å²) >= 11 is 3.52. The molecular weight excluding hydrogens is 266 g/mol. The molecule has 2 aromatic heterocycles. The van der Waals surface area contributed by atoms with Gasteiger partial charge >= 0.3 is 0 Å². The van der Waals surface area contributed by atoms with Crippen LogP contribution >= 0.6 is 23.1 Å². The van der Waals surface area contributed by atoms with Gasteiger partial charge in [-0.1, -0.05) is 0 Å². The molecule has 3 rings (SSSR count). The van der Waals surface area contributed by atoms with E-state index in [0.29, 0.717) is 18.9 Å². The van der Waals surface area contributed by atoms with Crippen molar-refractivity contribution in [2.24, 2.45) is 0 Å². The predicted octanol–water partition coefficient (Wildman–Crippen LogP) is 1.60. The average Bonchev–Trinajstić information content (AvgIpc) is 2.90. The lowest BCUT2D eigenvalue weighted by Gasteiger charge is -2.22. The van der Waals surface area contributed by atoms with E-state index in [1.807, 2.05) is 33.9 Å². The molecule has 0 bridgehead atoms. The lowest BCUT2D eigenvalue weighted by Crippen LogP contribution is -2.39. The monoisotopic (exact) mass is 281 g/mol. The van der Waals surface area contributed by atoms with Gasteiger partial charge < -0.3 is 5.32 Å². The van der Waals surface area contributed by atoms with E-state index < -0.39 is 0 Å². The highest BCUT2D eigenvalue weighted by molar-refractivity contribution is 7.99. The standard InChI is InChI=1S/C12H15N3OS2/c16-11(6-10-8-17-3-1-13-10)5-9-7-15-2-4-18-12(15)14-9/h2,4,7,10,13H,1,3,5-6,8H2. The number of hydrogen-bond acceptors (Lipinski definition) is 5. The second-order valence-electron chi connectivity index (χ2n) is 4.47. The average molecular weight is 281 g/mol. The summed E-state index contributed by atoms with van der Waals surface area (Å²) < 4.78 is 1.97. The van der Waals surface area contributed by atoms with Crippen molar-refractivity contribution in [2.45, 2.75) is 18.9 Å². The van der Waals surface area contributed by atoms with Gasteiger partial charge in [0.2, 0.25) is 0 Å². The maximum absolute atomic E-state index is 12.0. The normalized spacial score (nSPS) is 20.3. The summed E-state index contributed by atoms with van der Waals surface area (Å²) in [6.45, 7) is 1.02. The number of aromatic nitrogens is 2. The quantitative estimate of drug-likeness (QED) is 0.925. The highest BCUT2D eigenvalue weighted by Gasteiger charge is 2.17. The van der Waals surface area contributed by atoms with Gasteiger partial charge in [-0.15, -0.1) is 11.3 Å². The molecule has 2 aromatic rings. The zero-order valence-corrected chi connectivity index (χ0v) is 11.6. The number of carbonyl (C=O) groups excluding carboxylic acids is 1. The molecule has 1 unspecified atom stereocenters. The molecule has 4 nitrogen and oxygen atoms in total. The van der Waals surface area contributed by atoms with Crippen LogP contribution in [0.2, 0.25) is 0 Å². The van der Waals surface area contributed by atoms with Crippen LogP contribution in [-0.2, 0) is 11.2 Å². The first kappa shape index (κ1) is 12.2. The summed E-state index contributed by atoms with van der Waals surface area (Å²) in [5.41, 5.74) is 0.885. The molecule has 1 fully saturated rings. The smallest absolute Gasteiger partial charge is 0.193 e. The minimum atomic E-state index is 0.278. The van der Waals surface area contributed by atoms with Crippen LogP contribution in [-0.4, -0.2) is 39.3 Å². The maximum Gasteiger partial charge on any atom is 0.193 e. The number of fused-ring (bicyclic) bond motifs is 1. The van der Waals surface area contributed by atoms with E-state index in [9.17, 15) is 4.79 Å². The van der Waals surface area contributed by atoms with E-state index in [0.717, 1.165) is 28.7 Å². The number of Topliss-reactive ketones (excluding diaryl/α,β-unsaturated/α-hetero) is 1. The maximum atomic E-state index is 12.0. The molecule has 0 spiro atoms. The van der Waals surface area contributed by atoms with Crippen LogP contribution in [0.25, 0.3) is 4.96 Å². The van der Waals surface area contributed by atoms with Gasteiger partial charge in [0, 0.05) is 48.3 Å². The lowest BCUT2D eigenvalue weighted by atomic mass is 10.1. The predicted molar refractivity (Wildman–Crippen MR) is 75.5 cm³/mol. The first-order valence-electron chi connectivity index (χ1n) is 6.05. The molecule has 6 heteroatoms. The molecule has 0 aliphatic carbocycles. The Hall–Kier alpha value is -0.850. The van der Waals surface area contributed by atoms with Crippen molar-refractivity contribution in [3.8, 4) is 0 Å². The zero-order chi connectivity index (χ0) is 12.4. The van der Waals surface area contributed by atoms with Crippen LogP contribution in [0.1, 0.15) is 12.1 Å². The van der Waals surface area contributed by atoms with Crippen molar-refractivity contribution in [1.29, 1.82) is 0 Å². The van der Waals surface area contributed by atoms with Gasteiger partial charge in [0.1, 0.15) is 5.78 Å². The van der Waals surface area contributed by atoms with Gasteiger partial charge in [-0.3, -0.25) is 9.20 Å². The van der Waals surface area contributed by atoms with Crippen molar-refractivity contribution < 1.29 is 4.79 Å². The molecule has 96 valence electrons. The van der Waals surface area contributed by atoms with E-state index in [2.05, 4.69) is 10.3 Å². The largest absolute Gasteiger partial charge is 0.312 e. The van der Waals surface area contributed by atoms with Crippen molar-refractivity contribution in [1.82, 2.24) is 14.7 Å². The second kappa shape index (κ2) is 5.42. The Labute approximate surface area is 114 Å². The Morgan fingerprint density at radius 2 is 2.56 bits per heavy atom. The van der Waals surface area contributed by atoms with Crippen LogP contribution < -0.4 is 5.32 Å². The third-order valence-electron chi connectivity index (χ3n) is 2.99. The second-order valence-corrected chi connectivity index (χ2v) is 6.49. The number of thiazole rings is 1. The first-order chi connectivity index (χ1) is 8.81. The summed E-state index contributed by atoms with van der Waals surface area (Å²) in [5, 5.41) is 5.39. The van der Waals surface area contributed by atoms with Gasteiger partial charge in [-0.2, -0.15) is 11.8 Å². The number of nitrogens with one attached hydrogen (secondary N) is 1. The fourth-order valence-corrected chi connectivity index (χ4v) is 3.83. The van der Waals surface area contributed by atoms with Gasteiger partial charge in [0.05, 0.1) is 12.1 Å². The molecular formula is C12H15N3OS2. The molecule has 1 N–H and O–H groups in total. The van der Waals surface area contributed by atoms with E-state index in [-0.39, 0.29) is 5.78 Å². The molecule has 0 radical (unpaired) electrons. The minimum absolute atomic E-state index is 0.278. The van der Waals surface area contributed by atoms with Crippen molar-refractivity contribution in [2.75, 3.05) is 18.1 Å². The third-order valence-corrected chi connectivity index (χ3v) is 4.90. The fraction of sp³-hybridized carbons (Fsp3) is 0.500. The van der Waals surface area contributed by atoms with Crippen molar-refractivity contribution >= 4 is 33.8 Å². The number of thioether (sulfide) groups is 1. The van der Waals surface area contributed by atoms with E-state index in [4.69, 9.17) is 0 Å². The Kier molecular flexibility index (Phi) is 3.67.